The van der Waals surface area contributed by atoms with E-state index in [-0.39, 0.29) is 36.3 Å². The number of benzene rings is 1. The number of amides is 1. The highest BCUT2D eigenvalue weighted by Crippen LogP contribution is 2.36. The Balaban J connectivity index is 1.48. The molecule has 4 aromatic rings. The first-order valence-electron chi connectivity index (χ1n) is 12.0. The van der Waals surface area contributed by atoms with Crippen LogP contribution in [0.1, 0.15) is 12.7 Å². The summed E-state index contributed by atoms with van der Waals surface area (Å²) < 4.78 is 22.2. The number of nitrogens with zero attached hydrogens (tertiary/aromatic N) is 5. The van der Waals surface area contributed by atoms with Crippen LogP contribution in [0.15, 0.2) is 71.6 Å². The van der Waals surface area contributed by atoms with Crippen molar-refractivity contribution in [3.8, 4) is 23.0 Å². The van der Waals surface area contributed by atoms with Crippen LogP contribution in [0.4, 0.5) is 11.5 Å². The number of pyridine rings is 2. The van der Waals surface area contributed by atoms with Crippen molar-refractivity contribution >= 4 is 34.5 Å². The molecule has 1 aromatic carbocycles. The summed E-state index contributed by atoms with van der Waals surface area (Å²) in [5.41, 5.74) is 6.90. The molecule has 0 aliphatic heterocycles. The van der Waals surface area contributed by atoms with Crippen LogP contribution in [0.2, 0.25) is 0 Å². The Bertz CT molecular complexity index is 1540. The monoisotopic (exact) mass is 545 g/mol. The molecule has 0 aliphatic carbocycles. The molecule has 40 heavy (non-hydrogen) atoms. The highest BCUT2D eigenvalue weighted by Gasteiger charge is 2.15. The molecule has 0 radical (unpaired) electrons. The maximum atomic E-state index is 12.8. The molecule has 3 aromatic heterocycles. The minimum Gasteiger partial charge on any atom is -0.493 e. The predicted molar refractivity (Wildman–Crippen MR) is 147 cm³/mol. The Labute approximate surface area is 229 Å². The van der Waals surface area contributed by atoms with Gasteiger partial charge >= 0.3 is 0 Å². The fourth-order valence-electron chi connectivity index (χ4n) is 3.44. The highest BCUT2D eigenvalue weighted by molar-refractivity contribution is 6.06. The van der Waals surface area contributed by atoms with Gasteiger partial charge in [0.05, 0.1) is 56.8 Å². The number of nitrogens with one attached hydrogen (secondary N) is 1. The molecular weight excluding hydrogens is 518 g/mol. The Hall–Kier alpha value is -5.30. The van der Waals surface area contributed by atoms with Gasteiger partial charge in [-0.25, -0.2) is 19.9 Å². The molecule has 13 nitrogen and oxygen atoms in total. The van der Waals surface area contributed by atoms with Crippen molar-refractivity contribution in [1.29, 1.82) is 0 Å². The number of aliphatic hydroxyl groups is 1. The van der Waals surface area contributed by atoms with Crippen molar-refractivity contribution in [3.05, 3.63) is 72.4 Å². The molecular formula is C27H27N7O6. The van der Waals surface area contributed by atoms with Gasteiger partial charge in [-0.05, 0) is 31.2 Å². The molecule has 0 aliphatic rings. The summed E-state index contributed by atoms with van der Waals surface area (Å²) in [6, 6.07) is 8.49. The number of nitrogens with two attached hydrogens (primary N) is 1. The maximum absolute atomic E-state index is 12.8. The zero-order chi connectivity index (χ0) is 28.5. The van der Waals surface area contributed by atoms with Crippen LogP contribution >= 0.6 is 0 Å². The van der Waals surface area contributed by atoms with E-state index in [1.54, 1.807) is 57.7 Å². The number of rotatable bonds is 11. The van der Waals surface area contributed by atoms with Gasteiger partial charge in [0.1, 0.15) is 29.6 Å². The summed E-state index contributed by atoms with van der Waals surface area (Å²) in [6.07, 6.45) is 7.22. The largest absolute Gasteiger partial charge is 0.493 e. The lowest BCUT2D eigenvalue weighted by Gasteiger charge is -2.12. The van der Waals surface area contributed by atoms with Crippen LogP contribution in [0.25, 0.3) is 10.9 Å². The first-order valence-corrected chi connectivity index (χ1v) is 12.0. The van der Waals surface area contributed by atoms with E-state index in [9.17, 15) is 4.79 Å². The molecule has 3 heterocycles. The smallest absolute Gasteiger partial charge is 0.276 e. The first kappa shape index (κ1) is 27.7. The second kappa shape index (κ2) is 13.0. The molecule has 0 atom stereocenters. The van der Waals surface area contributed by atoms with E-state index in [1.807, 2.05) is 0 Å². The predicted octanol–water partition coefficient (Wildman–Crippen LogP) is 3.27. The normalized spacial score (nSPS) is 11.7. The number of anilines is 1. The topological polar surface area (TPSA) is 176 Å². The van der Waals surface area contributed by atoms with Crippen LogP contribution < -0.4 is 25.3 Å². The van der Waals surface area contributed by atoms with Gasteiger partial charge in [-0.3, -0.25) is 9.78 Å². The molecule has 0 unspecified atom stereocenters. The molecule has 4 rings (SSSR count). The van der Waals surface area contributed by atoms with Crippen molar-refractivity contribution < 1.29 is 28.8 Å². The third kappa shape index (κ3) is 6.57. The van der Waals surface area contributed by atoms with Gasteiger partial charge in [-0.1, -0.05) is 0 Å². The molecule has 13 heteroatoms. The number of carbonyl (C=O) groups excluding carboxylic acids is 1. The number of allylic oxidation sites excluding steroid dienone is 1. The molecule has 0 fully saturated rings. The van der Waals surface area contributed by atoms with E-state index >= 15 is 0 Å². The Morgan fingerprint density at radius 2 is 1.77 bits per heavy atom. The zero-order valence-electron chi connectivity index (χ0n) is 22.0. The van der Waals surface area contributed by atoms with Gasteiger partial charge in [0.15, 0.2) is 23.1 Å². The minimum absolute atomic E-state index is 0.0582. The summed E-state index contributed by atoms with van der Waals surface area (Å²) in [4.78, 5) is 33.5. The van der Waals surface area contributed by atoms with E-state index in [0.717, 1.165) is 5.39 Å². The number of hydrogen-bond donors (Lipinski definition) is 3. The van der Waals surface area contributed by atoms with Crippen LogP contribution in [0.3, 0.4) is 0 Å². The Morgan fingerprint density at radius 3 is 2.42 bits per heavy atom. The molecule has 4 N–H and O–H groups in total. The number of methoxy groups -OCH3 is 2. The van der Waals surface area contributed by atoms with Crippen LogP contribution in [0.5, 0.6) is 23.0 Å². The number of ether oxygens (including phenoxy) is 4. The third-order valence-corrected chi connectivity index (χ3v) is 5.39. The van der Waals surface area contributed by atoms with Gasteiger partial charge in [0.2, 0.25) is 0 Å². The number of aromatic nitrogens is 4. The van der Waals surface area contributed by atoms with Gasteiger partial charge in [-0.15, -0.1) is 0 Å². The fraction of sp³-hybridized carbons (Fsp3) is 0.185. The summed E-state index contributed by atoms with van der Waals surface area (Å²) >= 11 is 0. The number of hydrogen-bond acceptors (Lipinski definition) is 12. The lowest BCUT2D eigenvalue weighted by molar-refractivity contribution is -0.113. The number of aliphatic hydroxyl groups excluding tert-OH is 1. The minimum atomic E-state index is -0.635. The van der Waals surface area contributed by atoms with E-state index in [4.69, 9.17) is 29.8 Å². The van der Waals surface area contributed by atoms with Crippen LogP contribution in [0, 0.1) is 0 Å². The van der Waals surface area contributed by atoms with Crippen molar-refractivity contribution in [2.75, 3.05) is 26.1 Å². The quantitative estimate of drug-likeness (QED) is 0.143. The molecule has 0 saturated heterocycles. The van der Waals surface area contributed by atoms with E-state index in [1.165, 1.54) is 24.8 Å². The summed E-state index contributed by atoms with van der Waals surface area (Å²) in [5, 5.41) is 12.4. The number of carbonyl (C=O) groups is 1. The summed E-state index contributed by atoms with van der Waals surface area (Å²) in [7, 11) is 3.11. The highest BCUT2D eigenvalue weighted by atomic mass is 16.5. The number of fused-ring (bicyclic) bond motifs is 1. The number of aliphatic imine (C=N–C) groups is 1. The van der Waals surface area contributed by atoms with Crippen LogP contribution in [-0.4, -0.2) is 58.0 Å². The second-order valence-corrected chi connectivity index (χ2v) is 7.95. The van der Waals surface area contributed by atoms with Crippen molar-refractivity contribution in [2.24, 2.45) is 10.7 Å². The van der Waals surface area contributed by atoms with E-state index in [0.29, 0.717) is 34.2 Å². The average Bonchev–Trinajstić information content (AvgIpc) is 2.99. The second-order valence-electron chi connectivity index (χ2n) is 7.95. The average molecular weight is 546 g/mol. The molecule has 0 spiro atoms. The molecule has 1 amide bonds. The Kier molecular flexibility index (Phi) is 8.99. The van der Waals surface area contributed by atoms with Gasteiger partial charge in [0, 0.05) is 17.6 Å². The lowest BCUT2D eigenvalue weighted by atomic mass is 10.2. The molecule has 206 valence electrons. The first-order chi connectivity index (χ1) is 19.4. The summed E-state index contributed by atoms with van der Waals surface area (Å²) in [5.74, 6) is 1.99. The van der Waals surface area contributed by atoms with Gasteiger partial charge in [0.25, 0.3) is 5.91 Å². The molecule has 0 bridgehead atoms. The standard InChI is InChI=1S/C27H27N7O6/c1-4-39-23(14-30-16-11-31-25(15-35)32-12-16)26(28)27(36)34-24-6-5-17(13-33-24)40-20-7-8-29-19-10-22(38-3)21(37-2)9-18(19)20/h5-14,35H,4,15,28H2,1-3H3,(H,33,34,36). The Morgan fingerprint density at radius 1 is 1.02 bits per heavy atom. The fourth-order valence-corrected chi connectivity index (χ4v) is 3.44. The van der Waals surface area contributed by atoms with E-state index in [2.05, 4.69) is 30.2 Å². The van der Waals surface area contributed by atoms with Gasteiger partial charge < -0.3 is 35.1 Å². The lowest BCUT2D eigenvalue weighted by Crippen LogP contribution is -2.23. The third-order valence-electron chi connectivity index (χ3n) is 5.39. The van der Waals surface area contributed by atoms with Crippen molar-refractivity contribution in [1.82, 2.24) is 19.9 Å². The van der Waals surface area contributed by atoms with Crippen LogP contribution in [-0.2, 0) is 16.1 Å². The van der Waals surface area contributed by atoms with E-state index < -0.39 is 5.91 Å². The summed E-state index contributed by atoms with van der Waals surface area (Å²) in [6.45, 7) is 1.72. The zero-order valence-corrected chi connectivity index (χ0v) is 22.0. The maximum Gasteiger partial charge on any atom is 0.276 e. The van der Waals surface area contributed by atoms with Crippen molar-refractivity contribution in [3.63, 3.8) is 0 Å². The SMILES string of the molecule is CCOC(C=Nc1cnc(CO)nc1)=C(N)C(=O)Nc1ccc(Oc2ccnc3cc(OC)c(OC)cc23)cn1. The molecule has 0 saturated carbocycles. The van der Waals surface area contributed by atoms with Crippen molar-refractivity contribution in [2.45, 2.75) is 13.5 Å². The van der Waals surface area contributed by atoms with Gasteiger partial charge in [-0.2, -0.15) is 0 Å².